The molecule has 4 amide bonds. The van der Waals surface area contributed by atoms with E-state index in [-0.39, 0.29) is 37.9 Å². The number of ether oxygens (including phenoxy) is 1. The summed E-state index contributed by atoms with van der Waals surface area (Å²) in [6.07, 6.45) is 3.26. The SMILES string of the molecule is CC(C)CC[C@H](O)C(NC(=O)[C@H](CC1=CN(C(=O)[C@H](C)N)CN1c1cccc2ccccc12)NC(=O)OCc1ccccc1)C(=O)NCCC1CCN(Cc2ccccc2)CC1. The van der Waals surface area contributed by atoms with Crippen molar-refractivity contribution in [1.29, 1.82) is 0 Å². The van der Waals surface area contributed by atoms with Gasteiger partial charge < -0.3 is 36.4 Å². The molecule has 1 saturated heterocycles. The van der Waals surface area contributed by atoms with Gasteiger partial charge in [-0.05, 0) is 86.5 Å². The Kier molecular flexibility index (Phi) is 16.5. The van der Waals surface area contributed by atoms with Crippen LogP contribution in [0.15, 0.2) is 115 Å². The fourth-order valence-corrected chi connectivity index (χ4v) is 8.14. The van der Waals surface area contributed by atoms with E-state index >= 15 is 0 Å². The Morgan fingerprint density at radius 1 is 0.806 bits per heavy atom. The number of amides is 4. The summed E-state index contributed by atoms with van der Waals surface area (Å²) in [5.74, 6) is -0.805. The van der Waals surface area contributed by atoms with Crippen LogP contribution in [0.4, 0.5) is 10.5 Å². The van der Waals surface area contributed by atoms with Crippen LogP contribution in [0.3, 0.4) is 0 Å². The predicted octanol–water partition coefficient (Wildman–Crippen LogP) is 6.02. The summed E-state index contributed by atoms with van der Waals surface area (Å²) in [5, 5.41) is 22.0. The second kappa shape index (κ2) is 22.4. The maximum atomic E-state index is 14.5. The lowest BCUT2D eigenvalue weighted by Gasteiger charge is -2.32. The molecule has 0 aromatic heterocycles. The summed E-state index contributed by atoms with van der Waals surface area (Å²) in [5.41, 5.74) is 9.46. The smallest absolute Gasteiger partial charge is 0.408 e. The molecule has 2 heterocycles. The molecule has 6 N–H and O–H groups in total. The Bertz CT molecular complexity index is 2120. The number of alkyl carbamates (subject to hydrolysis) is 1. The number of carbonyl (C=O) groups is 4. The zero-order chi connectivity index (χ0) is 44.0. The number of likely N-dealkylation sites (tertiary alicyclic amines) is 1. The molecule has 4 aromatic carbocycles. The van der Waals surface area contributed by atoms with Gasteiger partial charge >= 0.3 is 6.09 Å². The highest BCUT2D eigenvalue weighted by Crippen LogP contribution is 2.34. The second-order valence-electron chi connectivity index (χ2n) is 17.1. The van der Waals surface area contributed by atoms with E-state index in [9.17, 15) is 24.3 Å². The molecule has 0 saturated carbocycles. The molecule has 0 bridgehead atoms. The van der Waals surface area contributed by atoms with Crippen LogP contribution in [0, 0.1) is 11.8 Å². The number of nitrogens with two attached hydrogens (primary N) is 1. The Hall–Kier alpha value is -5.76. The standard InChI is InChI=1S/C49H63N7O6/c1-34(2)21-22-44(57)45(47(59)51-26-23-36-24-27-54(28-25-36)30-37-13-6-4-7-14-37)53-46(58)42(52-49(61)62-32-38-15-8-5-9-16-38)29-40-31-55(48(60)35(3)50)33-56(40)43-20-12-18-39-17-10-11-19-41(39)43/h4-20,31,34-36,42,44-45,57H,21-30,32-33,50H2,1-3H3,(H,51,59)(H,52,61)(H,53,58)/t35-,42-,44-,45?/m0/s1. The molecule has 330 valence electrons. The zero-order valence-corrected chi connectivity index (χ0v) is 36.2. The lowest BCUT2D eigenvalue weighted by Crippen LogP contribution is -2.58. The number of carbonyl (C=O) groups excluding carboxylic acids is 4. The second-order valence-corrected chi connectivity index (χ2v) is 17.1. The van der Waals surface area contributed by atoms with E-state index in [1.807, 2.05) is 97.6 Å². The van der Waals surface area contributed by atoms with E-state index in [1.54, 1.807) is 13.1 Å². The minimum absolute atomic E-state index is 0.0342. The number of aliphatic hydroxyl groups excluding tert-OH is 1. The van der Waals surface area contributed by atoms with E-state index in [1.165, 1.54) is 10.5 Å². The monoisotopic (exact) mass is 845 g/mol. The Labute approximate surface area is 365 Å². The number of nitrogens with one attached hydrogen (secondary N) is 3. The average molecular weight is 846 g/mol. The van der Waals surface area contributed by atoms with Crippen molar-refractivity contribution in [2.45, 2.75) is 96.7 Å². The van der Waals surface area contributed by atoms with Crippen LogP contribution >= 0.6 is 0 Å². The lowest BCUT2D eigenvalue weighted by atomic mass is 9.93. The molecular formula is C49H63N7O6. The third-order valence-corrected chi connectivity index (χ3v) is 11.7. The van der Waals surface area contributed by atoms with Gasteiger partial charge in [-0.25, -0.2) is 4.79 Å². The molecule has 2 aliphatic heterocycles. The third kappa shape index (κ3) is 12.9. The highest BCUT2D eigenvalue weighted by atomic mass is 16.5. The minimum Gasteiger partial charge on any atom is -0.445 e. The number of piperidine rings is 1. The van der Waals surface area contributed by atoms with E-state index in [0.717, 1.165) is 60.9 Å². The van der Waals surface area contributed by atoms with Gasteiger partial charge in [0.2, 0.25) is 17.7 Å². The maximum Gasteiger partial charge on any atom is 0.408 e. The van der Waals surface area contributed by atoms with Crippen LogP contribution in [0.2, 0.25) is 0 Å². The van der Waals surface area contributed by atoms with Crippen molar-refractivity contribution >= 4 is 40.3 Å². The molecule has 13 heteroatoms. The highest BCUT2D eigenvalue weighted by molar-refractivity contribution is 5.96. The fourth-order valence-electron chi connectivity index (χ4n) is 8.14. The third-order valence-electron chi connectivity index (χ3n) is 11.7. The van der Waals surface area contributed by atoms with Crippen LogP contribution in [0.1, 0.15) is 70.4 Å². The van der Waals surface area contributed by atoms with Gasteiger partial charge in [-0.3, -0.25) is 24.2 Å². The Morgan fingerprint density at radius 3 is 2.16 bits per heavy atom. The summed E-state index contributed by atoms with van der Waals surface area (Å²) in [6, 6.07) is 30.0. The minimum atomic E-state index is -1.29. The van der Waals surface area contributed by atoms with E-state index < -0.39 is 42.1 Å². The highest BCUT2D eigenvalue weighted by Gasteiger charge is 2.36. The first-order valence-electron chi connectivity index (χ1n) is 22.0. The largest absolute Gasteiger partial charge is 0.445 e. The van der Waals surface area contributed by atoms with Crippen molar-refractivity contribution in [3.05, 3.63) is 126 Å². The van der Waals surface area contributed by atoms with Crippen LogP contribution in [-0.2, 0) is 32.3 Å². The Balaban J connectivity index is 1.19. The van der Waals surface area contributed by atoms with Crippen LogP contribution in [-0.4, -0.2) is 89.3 Å². The molecule has 0 spiro atoms. The van der Waals surface area contributed by atoms with Gasteiger partial charge in [0, 0.05) is 36.8 Å². The number of aliphatic hydroxyl groups is 1. The van der Waals surface area contributed by atoms with Crippen molar-refractivity contribution < 1.29 is 29.0 Å². The molecule has 0 radical (unpaired) electrons. The summed E-state index contributed by atoms with van der Waals surface area (Å²) < 4.78 is 5.57. The summed E-state index contributed by atoms with van der Waals surface area (Å²) in [7, 11) is 0. The first kappa shape index (κ1) is 45.8. The van der Waals surface area contributed by atoms with Crippen LogP contribution in [0.5, 0.6) is 0 Å². The van der Waals surface area contributed by atoms with Gasteiger partial charge in [-0.1, -0.05) is 111 Å². The maximum absolute atomic E-state index is 14.5. The van der Waals surface area contributed by atoms with Gasteiger partial charge in [0.25, 0.3) is 0 Å². The van der Waals surface area contributed by atoms with Crippen LogP contribution < -0.4 is 26.6 Å². The number of hydrogen-bond acceptors (Lipinski definition) is 9. The van der Waals surface area contributed by atoms with Crippen LogP contribution in [0.25, 0.3) is 10.8 Å². The van der Waals surface area contributed by atoms with E-state index in [2.05, 4.69) is 45.1 Å². The van der Waals surface area contributed by atoms with Crippen molar-refractivity contribution in [2.24, 2.45) is 17.6 Å². The molecule has 0 aliphatic carbocycles. The van der Waals surface area contributed by atoms with Gasteiger partial charge in [0.05, 0.1) is 17.8 Å². The molecular weight excluding hydrogens is 783 g/mol. The summed E-state index contributed by atoms with van der Waals surface area (Å²) >= 11 is 0. The predicted molar refractivity (Wildman–Crippen MR) is 242 cm³/mol. The van der Waals surface area contributed by atoms with Gasteiger partial charge in [0.15, 0.2) is 0 Å². The van der Waals surface area contributed by atoms with Gasteiger partial charge in [-0.2, -0.15) is 0 Å². The van der Waals surface area contributed by atoms with E-state index in [4.69, 9.17) is 10.5 Å². The number of hydrogen-bond donors (Lipinski definition) is 5. The molecule has 4 aromatic rings. The number of rotatable bonds is 19. The average Bonchev–Trinajstić information content (AvgIpc) is 3.70. The molecule has 6 rings (SSSR count). The summed E-state index contributed by atoms with van der Waals surface area (Å²) in [6.45, 7) is 9.04. The molecule has 1 fully saturated rings. The number of nitrogens with zero attached hydrogens (tertiary/aromatic N) is 3. The first-order valence-corrected chi connectivity index (χ1v) is 22.0. The molecule has 2 aliphatic rings. The molecule has 13 nitrogen and oxygen atoms in total. The fraction of sp³-hybridized carbons (Fsp3) is 0.429. The summed E-state index contributed by atoms with van der Waals surface area (Å²) in [4.78, 5) is 61.2. The van der Waals surface area contributed by atoms with Crippen molar-refractivity contribution in [1.82, 2.24) is 25.8 Å². The topological polar surface area (TPSA) is 170 Å². The van der Waals surface area contributed by atoms with Gasteiger partial charge in [-0.15, -0.1) is 0 Å². The number of benzene rings is 4. The van der Waals surface area contributed by atoms with E-state index in [0.29, 0.717) is 24.6 Å². The number of anilines is 1. The zero-order valence-electron chi connectivity index (χ0n) is 36.2. The quantitative estimate of drug-likeness (QED) is 0.0758. The van der Waals surface area contributed by atoms with Crippen molar-refractivity contribution in [2.75, 3.05) is 31.2 Å². The van der Waals surface area contributed by atoms with Crippen molar-refractivity contribution in [3.8, 4) is 0 Å². The molecule has 1 unspecified atom stereocenters. The Morgan fingerprint density at radius 2 is 1.47 bits per heavy atom. The van der Waals surface area contributed by atoms with Gasteiger partial charge in [0.1, 0.15) is 25.4 Å². The lowest BCUT2D eigenvalue weighted by molar-refractivity contribution is -0.133. The normalized spacial score (nSPS) is 16.6. The first-order chi connectivity index (χ1) is 29.9. The number of fused-ring (bicyclic) bond motifs is 1. The molecule has 4 atom stereocenters. The molecule has 62 heavy (non-hydrogen) atoms. The van der Waals surface area contributed by atoms with Crippen molar-refractivity contribution in [3.63, 3.8) is 0 Å².